The van der Waals surface area contributed by atoms with Crippen LogP contribution >= 0.6 is 0 Å². The molecule has 0 fully saturated rings. The van der Waals surface area contributed by atoms with Crippen molar-refractivity contribution in [3.63, 3.8) is 0 Å². The Labute approximate surface area is 162 Å². The molecule has 0 saturated heterocycles. The van der Waals surface area contributed by atoms with Crippen LogP contribution in [0.5, 0.6) is 0 Å². The van der Waals surface area contributed by atoms with Crippen LogP contribution in [-0.2, 0) is 20.1 Å². The van der Waals surface area contributed by atoms with E-state index >= 15 is 0 Å². The Morgan fingerprint density at radius 3 is 2.41 bits per heavy atom. The van der Waals surface area contributed by atoms with Gasteiger partial charge in [-0.15, -0.1) is 0 Å². The number of aryl methyl sites for hydroxylation is 2. The van der Waals surface area contributed by atoms with Crippen molar-refractivity contribution >= 4 is 11.8 Å². The van der Waals surface area contributed by atoms with Crippen molar-refractivity contribution in [3.05, 3.63) is 40.8 Å². The van der Waals surface area contributed by atoms with E-state index in [4.69, 9.17) is 4.99 Å². The smallest absolute Gasteiger partial charge is 0.191 e. The molecule has 0 aromatic carbocycles. The summed E-state index contributed by atoms with van der Waals surface area (Å²) in [6.07, 6.45) is 1.91. The molecule has 0 saturated carbocycles. The third-order valence-corrected chi connectivity index (χ3v) is 4.75. The van der Waals surface area contributed by atoms with Gasteiger partial charge in [-0.05, 0) is 46.2 Å². The van der Waals surface area contributed by atoms with Gasteiger partial charge in [-0.1, -0.05) is 6.07 Å². The lowest BCUT2D eigenvalue weighted by molar-refractivity contribution is 0.728. The lowest BCUT2D eigenvalue weighted by Crippen LogP contribution is -2.37. The summed E-state index contributed by atoms with van der Waals surface area (Å²) in [5.74, 6) is 1.81. The van der Waals surface area contributed by atoms with Crippen LogP contribution < -0.4 is 15.5 Å². The number of nitrogens with zero attached hydrogens (tertiary/aromatic N) is 5. The SMILES string of the molecule is CCNC(=NCc1ccc(N(CC)CC)nc1)NCc1c(C)nn(C)c1C. The molecule has 2 aromatic rings. The van der Waals surface area contributed by atoms with E-state index in [1.807, 2.05) is 24.9 Å². The van der Waals surface area contributed by atoms with Gasteiger partial charge in [0, 0.05) is 50.7 Å². The number of anilines is 1. The van der Waals surface area contributed by atoms with Crippen LogP contribution in [-0.4, -0.2) is 40.4 Å². The van der Waals surface area contributed by atoms with Gasteiger partial charge in [0.15, 0.2) is 5.96 Å². The first kappa shape index (κ1) is 20.7. The Morgan fingerprint density at radius 1 is 1.15 bits per heavy atom. The van der Waals surface area contributed by atoms with Crippen LogP contribution in [0, 0.1) is 13.8 Å². The first-order chi connectivity index (χ1) is 13.0. The fourth-order valence-corrected chi connectivity index (χ4v) is 3.00. The molecule has 0 aliphatic heterocycles. The van der Waals surface area contributed by atoms with E-state index in [1.165, 1.54) is 11.3 Å². The Morgan fingerprint density at radius 2 is 1.89 bits per heavy atom. The number of pyridine rings is 1. The van der Waals surface area contributed by atoms with Crippen LogP contribution in [0.2, 0.25) is 0 Å². The molecule has 0 atom stereocenters. The quantitative estimate of drug-likeness (QED) is 0.551. The number of rotatable bonds is 8. The number of hydrogen-bond donors (Lipinski definition) is 2. The normalized spacial score (nSPS) is 11.6. The van der Waals surface area contributed by atoms with E-state index < -0.39 is 0 Å². The predicted molar refractivity (Wildman–Crippen MR) is 112 cm³/mol. The van der Waals surface area contributed by atoms with Gasteiger partial charge < -0.3 is 15.5 Å². The lowest BCUT2D eigenvalue weighted by atomic mass is 10.2. The molecule has 7 heteroatoms. The minimum atomic E-state index is 0.589. The summed E-state index contributed by atoms with van der Waals surface area (Å²) in [5.41, 5.74) is 4.53. The summed E-state index contributed by atoms with van der Waals surface area (Å²) >= 11 is 0. The van der Waals surface area contributed by atoms with Crippen molar-refractivity contribution in [2.75, 3.05) is 24.5 Å². The Hall–Kier alpha value is -2.57. The minimum Gasteiger partial charge on any atom is -0.357 e. The number of guanidine groups is 1. The third-order valence-electron chi connectivity index (χ3n) is 4.75. The number of aromatic nitrogens is 3. The molecule has 0 spiro atoms. The van der Waals surface area contributed by atoms with Gasteiger partial charge in [0.2, 0.25) is 0 Å². The molecule has 27 heavy (non-hydrogen) atoms. The molecule has 0 aliphatic carbocycles. The van der Waals surface area contributed by atoms with Crippen molar-refractivity contribution in [2.24, 2.45) is 12.0 Å². The fraction of sp³-hybridized carbons (Fsp3) is 0.550. The molecule has 0 amide bonds. The van der Waals surface area contributed by atoms with Crippen LogP contribution in [0.25, 0.3) is 0 Å². The van der Waals surface area contributed by atoms with Crippen molar-refractivity contribution in [1.82, 2.24) is 25.4 Å². The monoisotopic (exact) mass is 371 g/mol. The zero-order valence-electron chi connectivity index (χ0n) is 17.5. The first-order valence-corrected chi connectivity index (χ1v) is 9.71. The second-order valence-electron chi connectivity index (χ2n) is 6.52. The highest BCUT2D eigenvalue weighted by atomic mass is 15.3. The fourth-order valence-electron chi connectivity index (χ4n) is 3.00. The first-order valence-electron chi connectivity index (χ1n) is 9.71. The second kappa shape index (κ2) is 9.94. The Balaban J connectivity index is 2.02. The second-order valence-corrected chi connectivity index (χ2v) is 6.52. The van der Waals surface area contributed by atoms with Crippen molar-refractivity contribution < 1.29 is 0 Å². The number of nitrogens with one attached hydrogen (secondary N) is 2. The summed E-state index contributed by atoms with van der Waals surface area (Å²) in [5, 5.41) is 11.2. The topological polar surface area (TPSA) is 70.4 Å². The molecule has 2 aromatic heterocycles. The Kier molecular flexibility index (Phi) is 7.64. The summed E-state index contributed by atoms with van der Waals surface area (Å²) in [6.45, 7) is 14.5. The van der Waals surface area contributed by atoms with Gasteiger partial charge in [0.25, 0.3) is 0 Å². The average Bonchev–Trinajstić information content (AvgIpc) is 2.91. The zero-order chi connectivity index (χ0) is 19.8. The molecule has 7 nitrogen and oxygen atoms in total. The van der Waals surface area contributed by atoms with E-state index in [1.54, 1.807) is 0 Å². The van der Waals surface area contributed by atoms with Gasteiger partial charge in [0.05, 0.1) is 12.2 Å². The molecular weight excluding hydrogens is 338 g/mol. The zero-order valence-corrected chi connectivity index (χ0v) is 17.5. The van der Waals surface area contributed by atoms with Crippen molar-refractivity contribution in [1.29, 1.82) is 0 Å². The molecule has 2 rings (SSSR count). The third kappa shape index (κ3) is 5.45. The summed E-state index contributed by atoms with van der Waals surface area (Å²) in [4.78, 5) is 11.5. The maximum absolute atomic E-state index is 4.69. The molecule has 2 heterocycles. The number of hydrogen-bond acceptors (Lipinski definition) is 4. The van der Waals surface area contributed by atoms with Gasteiger partial charge in [-0.2, -0.15) is 5.10 Å². The molecule has 0 bridgehead atoms. The summed E-state index contributed by atoms with van der Waals surface area (Å²) in [6, 6.07) is 4.17. The molecular formula is C20H33N7. The standard InChI is InChI=1S/C20H33N7/c1-7-21-20(24-14-18-15(4)25-26(6)16(18)5)23-13-17-10-11-19(22-12-17)27(8-2)9-3/h10-12H,7-9,13-14H2,1-6H3,(H2,21,23,24). The summed E-state index contributed by atoms with van der Waals surface area (Å²) in [7, 11) is 1.97. The van der Waals surface area contributed by atoms with Gasteiger partial charge in [-0.3, -0.25) is 4.68 Å². The maximum Gasteiger partial charge on any atom is 0.191 e. The summed E-state index contributed by atoms with van der Waals surface area (Å²) < 4.78 is 1.92. The molecule has 0 unspecified atom stereocenters. The predicted octanol–water partition coefficient (Wildman–Crippen LogP) is 2.53. The van der Waals surface area contributed by atoms with E-state index in [9.17, 15) is 0 Å². The van der Waals surface area contributed by atoms with E-state index in [2.05, 4.69) is 65.4 Å². The van der Waals surface area contributed by atoms with Crippen LogP contribution in [0.15, 0.2) is 23.3 Å². The largest absolute Gasteiger partial charge is 0.357 e. The Bertz CT molecular complexity index is 742. The van der Waals surface area contributed by atoms with Crippen LogP contribution in [0.3, 0.4) is 0 Å². The van der Waals surface area contributed by atoms with Gasteiger partial charge in [-0.25, -0.2) is 9.98 Å². The van der Waals surface area contributed by atoms with Gasteiger partial charge >= 0.3 is 0 Å². The molecule has 0 radical (unpaired) electrons. The highest BCUT2D eigenvalue weighted by molar-refractivity contribution is 5.79. The molecule has 0 aliphatic rings. The van der Waals surface area contributed by atoms with Crippen LogP contribution in [0.4, 0.5) is 5.82 Å². The molecule has 2 N–H and O–H groups in total. The minimum absolute atomic E-state index is 0.589. The van der Waals surface area contributed by atoms with E-state index in [-0.39, 0.29) is 0 Å². The lowest BCUT2D eigenvalue weighted by Gasteiger charge is -2.19. The van der Waals surface area contributed by atoms with E-state index in [0.29, 0.717) is 13.1 Å². The van der Waals surface area contributed by atoms with Crippen molar-refractivity contribution in [2.45, 2.75) is 47.7 Å². The van der Waals surface area contributed by atoms with E-state index in [0.717, 1.165) is 42.7 Å². The van der Waals surface area contributed by atoms with Crippen LogP contribution in [0.1, 0.15) is 43.3 Å². The molecule has 148 valence electrons. The van der Waals surface area contributed by atoms with Crippen molar-refractivity contribution in [3.8, 4) is 0 Å². The number of aliphatic imine (C=N–C) groups is 1. The average molecular weight is 372 g/mol. The highest BCUT2D eigenvalue weighted by Gasteiger charge is 2.10. The van der Waals surface area contributed by atoms with Gasteiger partial charge in [0.1, 0.15) is 5.82 Å². The maximum atomic E-state index is 4.69. The highest BCUT2D eigenvalue weighted by Crippen LogP contribution is 2.12.